The molecule has 0 aromatic carbocycles. The predicted molar refractivity (Wildman–Crippen MR) is 84.6 cm³/mol. The molecule has 0 aromatic heterocycles. The summed E-state index contributed by atoms with van der Waals surface area (Å²) < 4.78 is 0. The van der Waals surface area contributed by atoms with Gasteiger partial charge in [0.1, 0.15) is 6.04 Å². The number of carboxylic acids is 1. The van der Waals surface area contributed by atoms with Crippen molar-refractivity contribution < 1.29 is 24.9 Å². The molecule has 0 rings (SSSR count). The summed E-state index contributed by atoms with van der Waals surface area (Å²) in [6.45, 7) is 1.84. The summed E-state index contributed by atoms with van der Waals surface area (Å²) in [7, 11) is 0. The summed E-state index contributed by atoms with van der Waals surface area (Å²) in [5.41, 5.74) is 0. The lowest BCUT2D eigenvalue weighted by Crippen LogP contribution is -2.40. The van der Waals surface area contributed by atoms with Gasteiger partial charge >= 0.3 is 5.97 Å². The monoisotopic (exact) mass is 315 g/mol. The third-order valence-corrected chi connectivity index (χ3v) is 3.37. The zero-order valence-corrected chi connectivity index (χ0v) is 13.4. The van der Waals surface area contributed by atoms with E-state index in [1.54, 1.807) is 0 Å². The molecule has 6 nitrogen and oxygen atoms in total. The molecule has 1 atom stereocenters. The molecule has 0 radical (unpaired) electrons. The molecule has 0 heterocycles. The molecule has 1 amide bonds. The quantitative estimate of drug-likeness (QED) is 0.237. The third kappa shape index (κ3) is 11.1. The van der Waals surface area contributed by atoms with Gasteiger partial charge in [-0.05, 0) is 6.42 Å². The van der Waals surface area contributed by atoms with E-state index in [0.29, 0.717) is 6.42 Å². The Labute approximate surface area is 132 Å². The highest BCUT2D eigenvalue weighted by atomic mass is 16.4. The largest absolute Gasteiger partial charge is 0.512 e. The summed E-state index contributed by atoms with van der Waals surface area (Å²) in [5, 5.41) is 29.4. The van der Waals surface area contributed by atoms with Crippen molar-refractivity contribution in [2.75, 3.05) is 6.61 Å². The summed E-state index contributed by atoms with van der Waals surface area (Å²) in [6, 6.07) is -1.14. The van der Waals surface area contributed by atoms with Gasteiger partial charge in [0.05, 0.1) is 5.76 Å². The molecule has 0 bridgehead atoms. The van der Waals surface area contributed by atoms with E-state index < -0.39 is 17.9 Å². The Morgan fingerprint density at radius 1 is 1.05 bits per heavy atom. The Kier molecular flexibility index (Phi) is 12.2. The van der Waals surface area contributed by atoms with Crippen molar-refractivity contribution in [3.8, 4) is 0 Å². The van der Waals surface area contributed by atoms with Crippen LogP contribution in [0.2, 0.25) is 0 Å². The molecule has 0 spiro atoms. The van der Waals surface area contributed by atoms with Crippen LogP contribution in [-0.4, -0.2) is 39.8 Å². The Bertz CT molecular complexity index is 354. The second-order valence-corrected chi connectivity index (χ2v) is 5.42. The molecular formula is C16H29NO5. The normalized spacial score (nSPS) is 12.9. The van der Waals surface area contributed by atoms with Crippen LogP contribution in [0.15, 0.2) is 11.8 Å². The van der Waals surface area contributed by atoms with E-state index in [1.165, 1.54) is 25.7 Å². The molecule has 22 heavy (non-hydrogen) atoms. The maximum absolute atomic E-state index is 11.6. The van der Waals surface area contributed by atoms with Crippen LogP contribution in [0.4, 0.5) is 0 Å². The maximum atomic E-state index is 11.6. The Morgan fingerprint density at radius 3 is 2.18 bits per heavy atom. The second kappa shape index (κ2) is 13.1. The first kappa shape index (κ1) is 20.4. The Hall–Kier alpha value is -1.56. The molecule has 0 aliphatic rings. The molecule has 128 valence electrons. The van der Waals surface area contributed by atoms with Crippen molar-refractivity contribution in [2.45, 2.75) is 70.8 Å². The van der Waals surface area contributed by atoms with Crippen LogP contribution in [-0.2, 0) is 9.59 Å². The van der Waals surface area contributed by atoms with E-state index in [1.807, 2.05) is 0 Å². The molecular weight excluding hydrogens is 286 g/mol. The lowest BCUT2D eigenvalue weighted by molar-refractivity contribution is -0.141. The van der Waals surface area contributed by atoms with Gasteiger partial charge in [0.15, 0.2) is 0 Å². The highest BCUT2D eigenvalue weighted by Crippen LogP contribution is 2.11. The van der Waals surface area contributed by atoms with Crippen molar-refractivity contribution in [3.63, 3.8) is 0 Å². The third-order valence-electron chi connectivity index (χ3n) is 3.37. The van der Waals surface area contributed by atoms with Gasteiger partial charge < -0.3 is 20.6 Å². The van der Waals surface area contributed by atoms with Gasteiger partial charge in [-0.25, -0.2) is 4.79 Å². The van der Waals surface area contributed by atoms with Gasteiger partial charge in [0, 0.05) is 25.5 Å². The number of carboxylic acid groups (broad SMARTS) is 1. The summed E-state index contributed by atoms with van der Waals surface area (Å²) in [4.78, 5) is 22.4. The van der Waals surface area contributed by atoms with Crippen LogP contribution in [0.25, 0.3) is 0 Å². The van der Waals surface area contributed by atoms with Gasteiger partial charge in [-0.3, -0.25) is 4.79 Å². The van der Waals surface area contributed by atoms with Crippen molar-refractivity contribution in [2.24, 2.45) is 0 Å². The van der Waals surface area contributed by atoms with Crippen molar-refractivity contribution in [3.05, 3.63) is 11.8 Å². The molecule has 0 saturated carbocycles. The summed E-state index contributed by atoms with van der Waals surface area (Å²) in [5.74, 6) is -1.90. The molecule has 0 aromatic rings. The molecule has 4 N–H and O–H groups in total. The predicted octanol–water partition coefficient (Wildman–Crippen LogP) is 2.52. The summed E-state index contributed by atoms with van der Waals surface area (Å²) >= 11 is 0. The van der Waals surface area contributed by atoms with E-state index >= 15 is 0 Å². The van der Waals surface area contributed by atoms with Crippen molar-refractivity contribution in [1.29, 1.82) is 0 Å². The van der Waals surface area contributed by atoms with E-state index in [0.717, 1.165) is 25.3 Å². The molecule has 0 unspecified atom stereocenters. The smallest absolute Gasteiger partial charge is 0.326 e. The zero-order chi connectivity index (χ0) is 16.8. The van der Waals surface area contributed by atoms with E-state index in [9.17, 15) is 14.7 Å². The fourth-order valence-corrected chi connectivity index (χ4v) is 2.09. The molecule has 0 aliphatic carbocycles. The fourth-order valence-electron chi connectivity index (χ4n) is 2.09. The minimum absolute atomic E-state index is 0.0424. The number of amides is 1. The minimum atomic E-state index is -1.21. The topological polar surface area (TPSA) is 107 Å². The fraction of sp³-hybridized carbons (Fsp3) is 0.750. The molecule has 0 saturated heterocycles. The number of nitrogens with one attached hydrogen (secondary N) is 1. The number of aliphatic carboxylic acids is 1. The highest BCUT2D eigenvalue weighted by molar-refractivity contribution is 5.91. The zero-order valence-electron chi connectivity index (χ0n) is 13.4. The van der Waals surface area contributed by atoms with Gasteiger partial charge in [0.2, 0.25) is 5.91 Å². The first-order valence-corrected chi connectivity index (χ1v) is 8.05. The van der Waals surface area contributed by atoms with Gasteiger partial charge in [-0.1, -0.05) is 45.4 Å². The van der Waals surface area contributed by atoms with Crippen LogP contribution in [0.5, 0.6) is 0 Å². The van der Waals surface area contributed by atoms with E-state index in [2.05, 4.69) is 12.2 Å². The summed E-state index contributed by atoms with van der Waals surface area (Å²) in [6.07, 6.45) is 9.21. The van der Waals surface area contributed by atoms with Gasteiger partial charge in [-0.2, -0.15) is 0 Å². The standard InChI is InChI=1S/C16H29NO5/c1-2-3-4-5-6-7-8-9-13(19)12-15(20)17-14(10-11-18)16(21)22/h12,14,18-19H,2-11H2,1H3,(H,17,20)(H,21,22)/t14-/m0/s1. The number of hydrogen-bond donors (Lipinski definition) is 4. The number of allylic oxidation sites excluding steroid dienone is 1. The lowest BCUT2D eigenvalue weighted by Gasteiger charge is -2.11. The van der Waals surface area contributed by atoms with Crippen LogP contribution in [0, 0.1) is 0 Å². The van der Waals surface area contributed by atoms with Crippen molar-refractivity contribution in [1.82, 2.24) is 5.32 Å². The minimum Gasteiger partial charge on any atom is -0.512 e. The number of rotatable bonds is 13. The maximum Gasteiger partial charge on any atom is 0.326 e. The molecule has 0 aliphatic heterocycles. The number of unbranched alkanes of at least 4 members (excludes halogenated alkanes) is 6. The molecule has 6 heteroatoms. The number of aliphatic hydroxyl groups excluding tert-OH is 2. The van der Waals surface area contributed by atoms with Crippen molar-refractivity contribution >= 4 is 11.9 Å². The number of carbonyl (C=O) groups excluding carboxylic acids is 1. The number of carbonyl (C=O) groups is 2. The lowest BCUT2D eigenvalue weighted by atomic mass is 10.1. The first-order chi connectivity index (χ1) is 10.5. The van der Waals surface area contributed by atoms with Gasteiger partial charge in [-0.15, -0.1) is 0 Å². The highest BCUT2D eigenvalue weighted by Gasteiger charge is 2.18. The number of aliphatic hydroxyl groups is 2. The molecule has 0 fully saturated rings. The second-order valence-electron chi connectivity index (χ2n) is 5.42. The van der Waals surface area contributed by atoms with Crippen LogP contribution in [0.1, 0.15) is 64.7 Å². The average Bonchev–Trinajstić information content (AvgIpc) is 2.45. The first-order valence-electron chi connectivity index (χ1n) is 8.05. The number of hydrogen-bond acceptors (Lipinski definition) is 4. The van der Waals surface area contributed by atoms with Gasteiger partial charge in [0.25, 0.3) is 0 Å². The average molecular weight is 315 g/mol. The van der Waals surface area contributed by atoms with E-state index in [4.69, 9.17) is 10.2 Å². The SMILES string of the molecule is CCCCCCCCCC(O)=CC(=O)N[C@@H](CCO)C(=O)O. The van der Waals surface area contributed by atoms with Crippen LogP contribution in [0.3, 0.4) is 0 Å². The Morgan fingerprint density at radius 2 is 1.64 bits per heavy atom. The van der Waals surface area contributed by atoms with E-state index in [-0.39, 0.29) is 18.8 Å². The van der Waals surface area contributed by atoms with Crippen LogP contribution < -0.4 is 5.32 Å². The Balaban J connectivity index is 3.93. The van der Waals surface area contributed by atoms with Crippen LogP contribution >= 0.6 is 0 Å².